The molecular formula is AgCrKO4. The van der Waals surface area contributed by atoms with Gasteiger partial charge in [0.15, 0.2) is 0 Å². The third kappa shape index (κ3) is 59.0. The number of rotatable bonds is 0. The first-order valence-electron chi connectivity index (χ1n) is 0.667. The molecule has 0 aliphatic rings. The van der Waals surface area contributed by atoms with Gasteiger partial charge in [0.1, 0.15) is 0 Å². The van der Waals surface area contributed by atoms with E-state index < -0.39 is 13.6 Å². The van der Waals surface area contributed by atoms with Gasteiger partial charge in [-0.05, 0) is 0 Å². The monoisotopic (exact) mass is 262 g/mol. The molecule has 7 heavy (non-hydrogen) atoms. The molecule has 0 aliphatic heterocycles. The molecule has 42 valence electrons. The molecule has 0 spiro atoms. The van der Waals surface area contributed by atoms with Gasteiger partial charge in [0, 0.05) is 0 Å². The summed E-state index contributed by atoms with van der Waals surface area (Å²) in [5, 5.41) is 0. The van der Waals surface area contributed by atoms with Crippen molar-refractivity contribution in [1.82, 2.24) is 0 Å². The fourth-order valence-electron chi connectivity index (χ4n) is 0. The van der Waals surface area contributed by atoms with E-state index in [2.05, 4.69) is 0 Å². The quantitative estimate of drug-likeness (QED) is 0.408. The molecule has 0 aromatic rings. The molecule has 0 rings (SSSR count). The first-order valence-corrected chi connectivity index (χ1v) is 2.75. The van der Waals surface area contributed by atoms with Crippen LogP contribution in [0.5, 0.6) is 0 Å². The van der Waals surface area contributed by atoms with Crippen molar-refractivity contribution in [1.29, 1.82) is 0 Å². The molecule has 0 bridgehead atoms. The van der Waals surface area contributed by atoms with E-state index in [-0.39, 0.29) is 73.8 Å². The normalized spacial score (nSPS) is 8.29. The summed E-state index contributed by atoms with van der Waals surface area (Å²) >= 11 is -5.75. The predicted molar refractivity (Wildman–Crippen MR) is 1.37 cm³/mol. The second-order valence-corrected chi connectivity index (χ2v) is 1.68. The molecule has 0 N–H and O–H groups in total. The maximum absolute atomic E-state index is 8.59. The molecule has 0 unspecified atom stereocenters. The summed E-state index contributed by atoms with van der Waals surface area (Å²) < 4.78 is 34.4. The van der Waals surface area contributed by atoms with Crippen molar-refractivity contribution >= 4 is 0 Å². The third-order valence-electron chi connectivity index (χ3n) is 0. The molecule has 7 heteroatoms. The average Bonchev–Trinajstić information content (AvgIpc) is 0.722. The fraction of sp³-hybridized carbons (Fsp3) is 0. The van der Waals surface area contributed by atoms with Crippen molar-refractivity contribution in [2.45, 2.75) is 0 Å². The summed E-state index contributed by atoms with van der Waals surface area (Å²) in [7, 11) is 0. The Balaban J connectivity index is -0.0000000800. The maximum atomic E-state index is 8.59. The minimum absolute atomic E-state index is 0. The van der Waals surface area contributed by atoms with E-state index in [0.717, 1.165) is 0 Å². The third-order valence-corrected chi connectivity index (χ3v) is 0. The van der Waals surface area contributed by atoms with E-state index in [1.54, 1.807) is 0 Å². The van der Waals surface area contributed by atoms with Crippen molar-refractivity contribution in [2.24, 2.45) is 0 Å². The van der Waals surface area contributed by atoms with Gasteiger partial charge in [0.25, 0.3) is 0 Å². The second kappa shape index (κ2) is 6.55. The van der Waals surface area contributed by atoms with Gasteiger partial charge in [0.05, 0.1) is 0 Å². The molecule has 4 nitrogen and oxygen atoms in total. The SMILES string of the molecule is [Ag+].[K+].[O]=[Cr](=[O])([O-])[O-]. The standard InChI is InChI=1S/Ag.Cr.K.4O/q+1;;+1;;;2*-1. The fourth-order valence-corrected chi connectivity index (χ4v) is 0. The molecule has 0 amide bonds. The Morgan fingerprint density at radius 3 is 1.14 bits per heavy atom. The predicted octanol–water partition coefficient (Wildman–Crippen LogP) is -5.62. The Hall–Kier alpha value is 2.43. The van der Waals surface area contributed by atoms with Crippen LogP contribution in [0.1, 0.15) is 0 Å². The topological polar surface area (TPSA) is 80.3 Å². The van der Waals surface area contributed by atoms with Crippen LogP contribution in [0.3, 0.4) is 0 Å². The summed E-state index contributed by atoms with van der Waals surface area (Å²) in [6, 6.07) is 0. The van der Waals surface area contributed by atoms with Gasteiger partial charge >= 0.3 is 103 Å². The number of hydrogen-bond donors (Lipinski definition) is 0. The first-order chi connectivity index (χ1) is 2.00. The van der Waals surface area contributed by atoms with Gasteiger partial charge in [0.2, 0.25) is 0 Å². The van der Waals surface area contributed by atoms with Crippen molar-refractivity contribution in [3.8, 4) is 0 Å². The van der Waals surface area contributed by atoms with Crippen LogP contribution in [-0.2, 0) is 43.6 Å². The zero-order chi connectivity index (χ0) is 4.50. The van der Waals surface area contributed by atoms with Crippen LogP contribution < -0.4 is 59.7 Å². The minimum atomic E-state index is -5.75. The van der Waals surface area contributed by atoms with Crippen LogP contribution >= 0.6 is 0 Å². The van der Waals surface area contributed by atoms with Gasteiger partial charge in [-0.1, -0.05) is 0 Å². The summed E-state index contributed by atoms with van der Waals surface area (Å²) in [6.07, 6.45) is 0. The van der Waals surface area contributed by atoms with Crippen molar-refractivity contribution in [3.05, 3.63) is 0 Å². The van der Waals surface area contributed by atoms with Crippen molar-refractivity contribution in [2.75, 3.05) is 0 Å². The van der Waals surface area contributed by atoms with Gasteiger partial charge in [-0.25, -0.2) is 0 Å². The average molecular weight is 263 g/mol. The van der Waals surface area contributed by atoms with E-state index in [0.29, 0.717) is 0 Å². The van der Waals surface area contributed by atoms with E-state index in [1.807, 2.05) is 0 Å². The van der Waals surface area contributed by atoms with E-state index in [1.165, 1.54) is 0 Å². The van der Waals surface area contributed by atoms with Crippen LogP contribution in [-0.4, -0.2) is 0 Å². The summed E-state index contributed by atoms with van der Waals surface area (Å²) in [4.78, 5) is 0. The number of hydrogen-bond acceptors (Lipinski definition) is 4. The molecule has 0 aromatic carbocycles. The zero-order valence-corrected chi connectivity index (χ0v) is 9.22. The summed E-state index contributed by atoms with van der Waals surface area (Å²) in [5.41, 5.74) is 0. The van der Waals surface area contributed by atoms with Crippen LogP contribution in [0, 0.1) is 0 Å². The van der Waals surface area contributed by atoms with Gasteiger partial charge in [-0.3, -0.25) is 0 Å². The molecule has 0 heterocycles. The first kappa shape index (κ1) is 16.2. The zero-order valence-electron chi connectivity index (χ0n) is 3.34. The molecule has 0 aromatic heterocycles. The van der Waals surface area contributed by atoms with Crippen molar-refractivity contribution < 1.29 is 103 Å². The Morgan fingerprint density at radius 2 is 1.14 bits per heavy atom. The van der Waals surface area contributed by atoms with Crippen LogP contribution in [0.4, 0.5) is 0 Å². The molecule has 0 saturated carbocycles. The van der Waals surface area contributed by atoms with E-state index in [4.69, 9.17) is 15.9 Å². The molecular weight excluding hydrogens is 263 g/mol. The van der Waals surface area contributed by atoms with E-state index >= 15 is 0 Å². The summed E-state index contributed by atoms with van der Waals surface area (Å²) in [5.74, 6) is 0. The Morgan fingerprint density at radius 1 is 1.14 bits per heavy atom. The van der Waals surface area contributed by atoms with Crippen LogP contribution in [0.2, 0.25) is 0 Å². The molecule has 0 atom stereocenters. The second-order valence-electron chi connectivity index (χ2n) is 0.408. The van der Waals surface area contributed by atoms with Crippen molar-refractivity contribution in [3.63, 3.8) is 0 Å². The Labute approximate surface area is 101 Å². The van der Waals surface area contributed by atoms with Gasteiger partial charge in [-0.2, -0.15) is 0 Å². The molecule has 0 fully saturated rings. The Kier molecular flexibility index (Phi) is 15.2. The Bertz CT molecular complexity index is 94.9. The molecule has 0 radical (unpaired) electrons. The van der Waals surface area contributed by atoms with Gasteiger partial charge in [-0.15, -0.1) is 0 Å². The summed E-state index contributed by atoms with van der Waals surface area (Å²) in [6.45, 7) is 0. The van der Waals surface area contributed by atoms with Gasteiger partial charge < -0.3 is 0 Å². The van der Waals surface area contributed by atoms with E-state index in [9.17, 15) is 0 Å². The van der Waals surface area contributed by atoms with Crippen LogP contribution in [0.25, 0.3) is 0 Å². The van der Waals surface area contributed by atoms with Crippen LogP contribution in [0.15, 0.2) is 0 Å². The molecule has 0 saturated heterocycles. The molecule has 0 aliphatic carbocycles.